The van der Waals surface area contributed by atoms with E-state index in [1.807, 2.05) is 26.2 Å². The summed E-state index contributed by atoms with van der Waals surface area (Å²) >= 11 is 1.48. The van der Waals surface area contributed by atoms with Crippen LogP contribution in [0, 0.1) is 12.8 Å². The van der Waals surface area contributed by atoms with Gasteiger partial charge in [-0.3, -0.25) is 4.79 Å². The smallest absolute Gasteiger partial charge is 0.328 e. The second kappa shape index (κ2) is 9.53. The van der Waals surface area contributed by atoms with E-state index in [1.165, 1.54) is 17.6 Å². The lowest BCUT2D eigenvalue weighted by atomic mass is 10.00. The SMILES string of the molecule is CCCCc1cc2c(=O)c(-c3csc(C)n3)coc2cc1OC(=O)[C@H](N)[C@@H](C)CC. The van der Waals surface area contributed by atoms with E-state index in [9.17, 15) is 9.59 Å². The van der Waals surface area contributed by atoms with Crippen molar-refractivity contribution in [3.05, 3.63) is 44.6 Å². The van der Waals surface area contributed by atoms with Gasteiger partial charge < -0.3 is 14.9 Å². The molecule has 0 unspecified atom stereocenters. The summed E-state index contributed by atoms with van der Waals surface area (Å²) in [5.74, 6) is -0.0578. The number of aryl methyl sites for hydroxylation is 2. The average molecular weight is 429 g/mol. The summed E-state index contributed by atoms with van der Waals surface area (Å²) in [6.45, 7) is 7.88. The van der Waals surface area contributed by atoms with Crippen molar-refractivity contribution in [2.24, 2.45) is 11.7 Å². The lowest BCUT2D eigenvalue weighted by Gasteiger charge is -2.18. The van der Waals surface area contributed by atoms with E-state index in [1.54, 1.807) is 12.1 Å². The van der Waals surface area contributed by atoms with Crippen molar-refractivity contribution in [3.63, 3.8) is 0 Å². The molecule has 0 amide bonds. The Morgan fingerprint density at radius 3 is 2.73 bits per heavy atom. The van der Waals surface area contributed by atoms with Crippen molar-refractivity contribution in [2.75, 3.05) is 0 Å². The molecule has 0 saturated heterocycles. The Morgan fingerprint density at radius 1 is 1.33 bits per heavy atom. The number of carbonyl (C=O) groups is 1. The molecule has 2 aromatic heterocycles. The van der Waals surface area contributed by atoms with Crippen molar-refractivity contribution in [1.82, 2.24) is 4.98 Å². The monoisotopic (exact) mass is 428 g/mol. The molecule has 2 N–H and O–H groups in total. The maximum Gasteiger partial charge on any atom is 0.328 e. The van der Waals surface area contributed by atoms with Crippen molar-refractivity contribution in [1.29, 1.82) is 0 Å². The maximum atomic E-state index is 13.1. The van der Waals surface area contributed by atoms with E-state index in [-0.39, 0.29) is 11.3 Å². The van der Waals surface area contributed by atoms with Crippen LogP contribution in [0.25, 0.3) is 22.2 Å². The summed E-state index contributed by atoms with van der Waals surface area (Å²) in [4.78, 5) is 30.0. The predicted molar refractivity (Wildman–Crippen MR) is 120 cm³/mol. The van der Waals surface area contributed by atoms with Gasteiger partial charge in [-0.2, -0.15) is 0 Å². The molecule has 0 aliphatic heterocycles. The van der Waals surface area contributed by atoms with E-state index < -0.39 is 12.0 Å². The first kappa shape index (κ1) is 22.2. The average Bonchev–Trinajstić information content (AvgIpc) is 3.17. The van der Waals surface area contributed by atoms with Crippen molar-refractivity contribution < 1.29 is 13.9 Å². The molecule has 0 aliphatic rings. The summed E-state index contributed by atoms with van der Waals surface area (Å²) in [5, 5.41) is 3.18. The number of ether oxygens (including phenoxy) is 1. The van der Waals surface area contributed by atoms with Gasteiger partial charge in [0.2, 0.25) is 5.43 Å². The Labute approximate surface area is 180 Å². The van der Waals surface area contributed by atoms with Crippen LogP contribution in [-0.2, 0) is 11.2 Å². The Bertz CT molecular complexity index is 1100. The van der Waals surface area contributed by atoms with Gasteiger partial charge >= 0.3 is 5.97 Å². The third kappa shape index (κ3) is 4.63. The molecule has 3 rings (SSSR count). The number of nitrogens with two attached hydrogens (primary N) is 1. The number of hydrogen-bond acceptors (Lipinski definition) is 7. The summed E-state index contributed by atoms with van der Waals surface area (Å²) < 4.78 is 11.4. The standard InChI is InChI=1S/C23H28N2O4S/c1-5-7-8-15-9-16-20(10-19(15)29-23(27)21(24)13(3)6-2)28-11-17(22(16)26)18-12-30-14(4)25-18/h9-13,21H,5-8,24H2,1-4H3/t13-,21+/m0/s1. The van der Waals surface area contributed by atoms with E-state index in [2.05, 4.69) is 11.9 Å². The molecule has 6 nitrogen and oxygen atoms in total. The fourth-order valence-electron chi connectivity index (χ4n) is 3.19. The van der Waals surface area contributed by atoms with Gasteiger partial charge in [-0.15, -0.1) is 11.3 Å². The number of aromatic nitrogens is 1. The normalized spacial score (nSPS) is 13.4. The van der Waals surface area contributed by atoms with Gasteiger partial charge in [0.25, 0.3) is 0 Å². The molecule has 0 saturated carbocycles. The molecule has 3 aromatic rings. The minimum Gasteiger partial charge on any atom is -0.463 e. The van der Waals surface area contributed by atoms with Gasteiger partial charge in [0.15, 0.2) is 0 Å². The molecule has 0 bridgehead atoms. The Hall–Kier alpha value is -2.51. The number of thiazole rings is 1. The zero-order chi connectivity index (χ0) is 21.8. The van der Waals surface area contributed by atoms with Crippen LogP contribution in [0.5, 0.6) is 5.75 Å². The van der Waals surface area contributed by atoms with Gasteiger partial charge in [0.1, 0.15) is 23.6 Å². The molecular weight excluding hydrogens is 400 g/mol. The molecule has 7 heteroatoms. The van der Waals surface area contributed by atoms with Crippen LogP contribution in [0.4, 0.5) is 0 Å². The Kier molecular flexibility index (Phi) is 7.05. The number of hydrogen-bond donors (Lipinski definition) is 1. The van der Waals surface area contributed by atoms with E-state index in [0.717, 1.165) is 29.8 Å². The molecular formula is C23H28N2O4S. The van der Waals surface area contributed by atoms with Gasteiger partial charge in [0.05, 0.1) is 21.7 Å². The number of carbonyl (C=O) groups excluding carboxylic acids is 1. The predicted octanol–water partition coefficient (Wildman–Crippen LogP) is 4.85. The van der Waals surface area contributed by atoms with Gasteiger partial charge in [-0.05, 0) is 37.3 Å². The zero-order valence-corrected chi connectivity index (χ0v) is 18.7. The van der Waals surface area contributed by atoms with Crippen molar-refractivity contribution in [2.45, 2.75) is 59.4 Å². The first-order chi connectivity index (χ1) is 14.3. The highest BCUT2D eigenvalue weighted by Crippen LogP contribution is 2.29. The first-order valence-electron chi connectivity index (χ1n) is 10.3. The van der Waals surface area contributed by atoms with Crippen molar-refractivity contribution >= 4 is 28.3 Å². The highest BCUT2D eigenvalue weighted by molar-refractivity contribution is 7.09. The highest BCUT2D eigenvalue weighted by Gasteiger charge is 2.23. The molecule has 2 atom stereocenters. The highest BCUT2D eigenvalue weighted by atomic mass is 32.1. The minimum absolute atomic E-state index is 0.0131. The van der Waals surface area contributed by atoms with E-state index >= 15 is 0 Å². The minimum atomic E-state index is -0.702. The Balaban J connectivity index is 2.05. The van der Waals surface area contributed by atoms with Crippen LogP contribution >= 0.6 is 11.3 Å². The molecule has 1 aromatic carbocycles. The molecule has 0 spiro atoms. The summed E-state index contributed by atoms with van der Waals surface area (Å²) in [6, 6.07) is 2.70. The van der Waals surface area contributed by atoms with Gasteiger partial charge in [-0.1, -0.05) is 33.6 Å². The number of nitrogens with zero attached hydrogens (tertiary/aromatic N) is 1. The summed E-state index contributed by atoms with van der Waals surface area (Å²) in [7, 11) is 0. The third-order valence-electron chi connectivity index (χ3n) is 5.39. The number of fused-ring (bicyclic) bond motifs is 1. The summed E-state index contributed by atoms with van der Waals surface area (Å²) in [5.41, 5.74) is 8.10. The molecule has 2 heterocycles. The fourth-order valence-corrected chi connectivity index (χ4v) is 3.80. The van der Waals surface area contributed by atoms with Crippen LogP contribution in [0.1, 0.15) is 50.6 Å². The second-order valence-electron chi connectivity index (χ2n) is 7.62. The van der Waals surface area contributed by atoms with Gasteiger partial charge in [0, 0.05) is 11.4 Å². The van der Waals surface area contributed by atoms with Crippen LogP contribution in [0.2, 0.25) is 0 Å². The molecule has 0 aliphatic carbocycles. The topological polar surface area (TPSA) is 95.4 Å². The number of esters is 1. The summed E-state index contributed by atoms with van der Waals surface area (Å²) in [6.07, 6.45) is 4.77. The van der Waals surface area contributed by atoms with Crippen LogP contribution in [0.3, 0.4) is 0 Å². The molecule has 0 fully saturated rings. The largest absolute Gasteiger partial charge is 0.463 e. The molecule has 160 valence electrons. The first-order valence-corrected chi connectivity index (χ1v) is 11.2. The lowest BCUT2D eigenvalue weighted by molar-refractivity contribution is -0.137. The van der Waals surface area contributed by atoms with E-state index in [0.29, 0.717) is 34.4 Å². The lowest BCUT2D eigenvalue weighted by Crippen LogP contribution is -2.39. The third-order valence-corrected chi connectivity index (χ3v) is 6.16. The van der Waals surface area contributed by atoms with Gasteiger partial charge in [-0.25, -0.2) is 9.78 Å². The fraction of sp³-hybridized carbons (Fsp3) is 0.435. The second-order valence-corrected chi connectivity index (χ2v) is 8.68. The molecule has 30 heavy (non-hydrogen) atoms. The number of rotatable bonds is 8. The maximum absolute atomic E-state index is 13.1. The molecule has 0 radical (unpaired) electrons. The van der Waals surface area contributed by atoms with Crippen LogP contribution in [0.15, 0.2) is 33.0 Å². The zero-order valence-electron chi connectivity index (χ0n) is 17.9. The number of unbranched alkanes of at least 4 members (excludes halogenated alkanes) is 1. The van der Waals surface area contributed by atoms with Crippen LogP contribution in [-0.4, -0.2) is 17.0 Å². The Morgan fingerprint density at radius 2 is 2.10 bits per heavy atom. The van der Waals surface area contributed by atoms with E-state index in [4.69, 9.17) is 14.9 Å². The van der Waals surface area contributed by atoms with Crippen molar-refractivity contribution in [3.8, 4) is 17.0 Å². The quantitative estimate of drug-likeness (QED) is 0.407. The van der Waals surface area contributed by atoms with Crippen LogP contribution < -0.4 is 15.9 Å². The number of benzene rings is 1.